The van der Waals surface area contributed by atoms with Crippen LogP contribution in [0.2, 0.25) is 0 Å². The Morgan fingerprint density at radius 2 is 1.91 bits per heavy atom. The van der Waals surface area contributed by atoms with Crippen molar-refractivity contribution in [3.63, 3.8) is 0 Å². The van der Waals surface area contributed by atoms with Crippen molar-refractivity contribution in [1.82, 2.24) is 9.88 Å². The molecule has 1 aliphatic carbocycles. The van der Waals surface area contributed by atoms with Gasteiger partial charge < -0.3 is 9.64 Å². The maximum atomic E-state index is 13.1. The quantitative estimate of drug-likeness (QED) is 0.506. The molecule has 2 aliphatic rings. The molecular weight excluding hydrogens is 442 g/mol. The smallest absolute Gasteiger partial charge is 0.271 e. The van der Waals surface area contributed by atoms with E-state index in [1.165, 1.54) is 41.9 Å². The summed E-state index contributed by atoms with van der Waals surface area (Å²) in [4.78, 5) is 33.5. The van der Waals surface area contributed by atoms with Gasteiger partial charge in [0.1, 0.15) is 10.6 Å². The number of nitrogens with one attached hydrogen (secondary N) is 1. The van der Waals surface area contributed by atoms with Crippen LogP contribution in [-0.2, 0) is 4.79 Å². The Labute approximate surface area is 195 Å². The zero-order valence-electron chi connectivity index (χ0n) is 17.7. The molecule has 0 atom stereocenters. The van der Waals surface area contributed by atoms with Gasteiger partial charge in [0, 0.05) is 29.3 Å². The average Bonchev–Trinajstić information content (AvgIpc) is 3.43. The minimum absolute atomic E-state index is 0.0301. The molecule has 1 N–H and O–H groups in total. The van der Waals surface area contributed by atoms with Crippen LogP contribution in [0.4, 0.5) is 5.13 Å². The van der Waals surface area contributed by atoms with Gasteiger partial charge in [-0.3, -0.25) is 14.9 Å². The van der Waals surface area contributed by atoms with Crippen LogP contribution in [0.1, 0.15) is 53.4 Å². The number of thiazole rings is 1. The highest BCUT2D eigenvalue weighted by Gasteiger charge is 2.27. The second-order valence-corrected chi connectivity index (χ2v) is 10.1. The zero-order valence-corrected chi connectivity index (χ0v) is 19.3. The third-order valence-corrected chi connectivity index (χ3v) is 7.70. The van der Waals surface area contributed by atoms with Crippen molar-refractivity contribution in [3.05, 3.63) is 52.3 Å². The number of aromatic nitrogens is 1. The van der Waals surface area contributed by atoms with Gasteiger partial charge >= 0.3 is 0 Å². The van der Waals surface area contributed by atoms with Crippen LogP contribution in [0, 0.1) is 0 Å². The number of rotatable bonds is 7. The average molecular weight is 468 g/mol. The van der Waals surface area contributed by atoms with E-state index in [0.717, 1.165) is 42.1 Å². The molecule has 1 aromatic carbocycles. The van der Waals surface area contributed by atoms with E-state index in [-0.39, 0.29) is 18.4 Å². The summed E-state index contributed by atoms with van der Waals surface area (Å²) in [5, 5.41) is 5.54. The summed E-state index contributed by atoms with van der Waals surface area (Å²) in [6.45, 7) is 1.50. The fourth-order valence-corrected chi connectivity index (χ4v) is 5.61. The monoisotopic (exact) mass is 467 g/mol. The molecule has 6 nitrogen and oxygen atoms in total. The maximum Gasteiger partial charge on any atom is 0.271 e. The summed E-state index contributed by atoms with van der Waals surface area (Å²) < 4.78 is 5.91. The van der Waals surface area contributed by atoms with Crippen molar-refractivity contribution in [2.45, 2.75) is 38.0 Å². The van der Waals surface area contributed by atoms with Crippen molar-refractivity contribution in [3.8, 4) is 16.2 Å². The Balaban J connectivity index is 1.34. The highest BCUT2D eigenvalue weighted by Crippen LogP contribution is 2.41. The molecule has 8 heteroatoms. The van der Waals surface area contributed by atoms with Gasteiger partial charge in [-0.25, -0.2) is 4.98 Å². The standard InChI is InChI=1S/C24H25N3O3S2/c28-21(27-11-5-2-6-12-27)14-30-19-13-20(17-7-3-1-4-8-17)32-22(19)23(29)26-24-25-18(15-31-24)16-9-10-16/h1,3-4,7-8,13,15-16H,2,5-6,9-12,14H2,(H,25,26,29). The van der Waals surface area contributed by atoms with Gasteiger partial charge in [0.15, 0.2) is 11.7 Å². The van der Waals surface area contributed by atoms with Crippen molar-refractivity contribution in [1.29, 1.82) is 0 Å². The molecule has 2 fully saturated rings. The Bertz CT molecular complexity index is 1100. The van der Waals surface area contributed by atoms with Crippen LogP contribution in [0.15, 0.2) is 41.8 Å². The van der Waals surface area contributed by atoms with Crippen LogP contribution in [0.3, 0.4) is 0 Å². The number of anilines is 1. The summed E-state index contributed by atoms with van der Waals surface area (Å²) in [6.07, 6.45) is 5.58. The van der Waals surface area contributed by atoms with Gasteiger partial charge in [-0.15, -0.1) is 22.7 Å². The number of hydrogen-bond acceptors (Lipinski definition) is 6. The van der Waals surface area contributed by atoms with E-state index in [2.05, 4.69) is 10.3 Å². The van der Waals surface area contributed by atoms with Crippen LogP contribution in [0.25, 0.3) is 10.4 Å². The van der Waals surface area contributed by atoms with Crippen molar-refractivity contribution in [2.75, 3.05) is 25.0 Å². The summed E-state index contributed by atoms with van der Waals surface area (Å²) in [7, 11) is 0. The number of thiophene rings is 1. The minimum Gasteiger partial charge on any atom is -0.482 e. The zero-order chi connectivity index (χ0) is 21.9. The number of hydrogen-bond donors (Lipinski definition) is 1. The fraction of sp³-hybridized carbons (Fsp3) is 0.375. The first-order chi connectivity index (χ1) is 15.7. The molecule has 5 rings (SSSR count). The summed E-state index contributed by atoms with van der Waals surface area (Å²) in [5.74, 6) is 0.700. The lowest BCUT2D eigenvalue weighted by molar-refractivity contribution is -0.134. The molecule has 0 bridgehead atoms. The largest absolute Gasteiger partial charge is 0.482 e. The molecule has 3 aromatic rings. The third kappa shape index (κ3) is 4.86. The molecule has 32 heavy (non-hydrogen) atoms. The summed E-state index contributed by atoms with van der Waals surface area (Å²) in [6, 6.07) is 11.7. The number of benzene rings is 1. The molecular formula is C24H25N3O3S2. The van der Waals surface area contributed by atoms with E-state index in [0.29, 0.717) is 21.7 Å². The predicted octanol–water partition coefficient (Wildman–Crippen LogP) is 5.39. The fourth-order valence-electron chi connectivity index (χ4n) is 3.82. The SMILES string of the molecule is O=C(Nc1nc(C2CC2)cs1)c1sc(-c2ccccc2)cc1OCC(=O)N1CCCCC1. The lowest BCUT2D eigenvalue weighted by atomic mass is 10.1. The number of piperidine rings is 1. The number of amides is 2. The van der Waals surface area contributed by atoms with Crippen LogP contribution < -0.4 is 10.1 Å². The normalized spacial score (nSPS) is 16.1. The van der Waals surface area contributed by atoms with E-state index >= 15 is 0 Å². The third-order valence-electron chi connectivity index (χ3n) is 5.76. The van der Waals surface area contributed by atoms with Gasteiger partial charge in [0.2, 0.25) is 0 Å². The number of ether oxygens (including phenoxy) is 1. The van der Waals surface area contributed by atoms with Gasteiger partial charge in [-0.05, 0) is 43.7 Å². The first-order valence-corrected chi connectivity index (χ1v) is 12.7. The Hall–Kier alpha value is -2.71. The molecule has 1 saturated carbocycles. The number of nitrogens with zero attached hydrogens (tertiary/aromatic N) is 2. The molecule has 3 heterocycles. The number of carbonyl (C=O) groups excluding carboxylic acids is 2. The van der Waals surface area contributed by atoms with Crippen molar-refractivity contribution in [2.24, 2.45) is 0 Å². The van der Waals surface area contributed by atoms with Crippen LogP contribution in [-0.4, -0.2) is 41.4 Å². The first kappa shape index (κ1) is 21.2. The molecule has 0 spiro atoms. The van der Waals surface area contributed by atoms with Crippen molar-refractivity contribution < 1.29 is 14.3 Å². The topological polar surface area (TPSA) is 71.5 Å². The van der Waals surface area contributed by atoms with Crippen LogP contribution in [0.5, 0.6) is 5.75 Å². The highest BCUT2D eigenvalue weighted by atomic mass is 32.1. The molecule has 0 radical (unpaired) electrons. The molecule has 1 aliphatic heterocycles. The first-order valence-electron chi connectivity index (χ1n) is 11.0. The molecule has 1 saturated heterocycles. The Kier molecular flexibility index (Phi) is 6.23. The highest BCUT2D eigenvalue weighted by molar-refractivity contribution is 7.18. The lowest BCUT2D eigenvalue weighted by Gasteiger charge is -2.26. The molecule has 166 valence electrons. The number of likely N-dealkylation sites (tertiary alicyclic amines) is 1. The van der Waals surface area contributed by atoms with Gasteiger partial charge in [-0.1, -0.05) is 30.3 Å². The van der Waals surface area contributed by atoms with E-state index < -0.39 is 0 Å². The van der Waals surface area contributed by atoms with E-state index in [9.17, 15) is 9.59 Å². The lowest BCUT2D eigenvalue weighted by Crippen LogP contribution is -2.38. The molecule has 0 unspecified atom stereocenters. The van der Waals surface area contributed by atoms with Gasteiger partial charge in [0.05, 0.1) is 5.69 Å². The second kappa shape index (κ2) is 9.42. The van der Waals surface area contributed by atoms with Crippen molar-refractivity contribution >= 4 is 39.6 Å². The van der Waals surface area contributed by atoms with E-state index in [4.69, 9.17) is 4.74 Å². The second-order valence-electron chi connectivity index (χ2n) is 8.21. The molecule has 2 aromatic heterocycles. The predicted molar refractivity (Wildman–Crippen MR) is 128 cm³/mol. The Morgan fingerprint density at radius 1 is 1.12 bits per heavy atom. The number of carbonyl (C=O) groups is 2. The van der Waals surface area contributed by atoms with Gasteiger partial charge in [0.25, 0.3) is 11.8 Å². The van der Waals surface area contributed by atoms with Gasteiger partial charge in [-0.2, -0.15) is 0 Å². The van der Waals surface area contributed by atoms with Crippen LogP contribution >= 0.6 is 22.7 Å². The summed E-state index contributed by atoms with van der Waals surface area (Å²) >= 11 is 2.81. The van der Waals surface area contributed by atoms with E-state index in [1.54, 1.807) is 0 Å². The minimum atomic E-state index is -0.255. The summed E-state index contributed by atoms with van der Waals surface area (Å²) in [5.41, 5.74) is 2.07. The maximum absolute atomic E-state index is 13.1. The Morgan fingerprint density at radius 3 is 2.66 bits per heavy atom. The molecule has 2 amide bonds. The van der Waals surface area contributed by atoms with E-state index in [1.807, 2.05) is 46.7 Å².